The maximum atomic E-state index is 11.3. The molecule has 2 aromatic carbocycles. The quantitative estimate of drug-likeness (QED) is 0.735. The van der Waals surface area contributed by atoms with Crippen molar-refractivity contribution >= 4 is 16.7 Å². The third-order valence-electron chi connectivity index (χ3n) is 3.46. The summed E-state index contributed by atoms with van der Waals surface area (Å²) in [6.07, 6.45) is 1.68. The number of aromatic nitrogens is 2. The molecule has 5 nitrogen and oxygen atoms in total. The van der Waals surface area contributed by atoms with Crippen LogP contribution in [0.4, 0.5) is 0 Å². The van der Waals surface area contributed by atoms with E-state index in [1.807, 2.05) is 48.5 Å². The summed E-state index contributed by atoms with van der Waals surface area (Å²) < 4.78 is 1.47. The molecule has 0 radical (unpaired) electrons. The first-order chi connectivity index (χ1) is 10.7. The average Bonchev–Trinajstić information content (AvgIpc) is 2.97. The van der Waals surface area contributed by atoms with Crippen LogP contribution in [-0.4, -0.2) is 15.7 Å². The van der Waals surface area contributed by atoms with Crippen LogP contribution < -0.4 is 5.11 Å². The Balaban J connectivity index is 2.10. The Bertz CT molecular complexity index is 890. The lowest BCUT2D eigenvalue weighted by Gasteiger charge is -2.04. The number of carbonyl (C=O) groups excluding carboxylic acids is 1. The van der Waals surface area contributed by atoms with Crippen molar-refractivity contribution in [2.24, 2.45) is 0 Å². The van der Waals surface area contributed by atoms with Gasteiger partial charge in [0.2, 0.25) is 0 Å². The molecular formula is C17H12N3O2-. The van der Waals surface area contributed by atoms with Gasteiger partial charge < -0.3 is 9.90 Å². The summed E-state index contributed by atoms with van der Waals surface area (Å²) in [5.41, 5.74) is 1.12. The smallest absolute Gasteiger partial charge is 0.101 e. The lowest BCUT2D eigenvalue weighted by molar-refractivity contribution is -0.254. The van der Waals surface area contributed by atoms with Crippen LogP contribution in [0.2, 0.25) is 0 Å². The highest BCUT2D eigenvalue weighted by atomic mass is 16.4. The summed E-state index contributed by atoms with van der Waals surface area (Å²) >= 11 is 0. The molecule has 0 aliphatic carbocycles. The average molecular weight is 290 g/mol. The van der Waals surface area contributed by atoms with E-state index in [0.29, 0.717) is 17.8 Å². The van der Waals surface area contributed by atoms with Crippen molar-refractivity contribution in [1.29, 1.82) is 5.26 Å². The minimum absolute atomic E-state index is 0.0354. The number of carbonyl (C=O) groups is 1. The highest BCUT2D eigenvalue weighted by Crippen LogP contribution is 2.26. The van der Waals surface area contributed by atoms with Gasteiger partial charge in [0.05, 0.1) is 25.0 Å². The van der Waals surface area contributed by atoms with Crippen molar-refractivity contribution in [2.75, 3.05) is 0 Å². The first-order valence-corrected chi connectivity index (χ1v) is 6.84. The second kappa shape index (κ2) is 5.70. The predicted molar refractivity (Wildman–Crippen MR) is 79.7 cm³/mol. The second-order valence-electron chi connectivity index (χ2n) is 4.91. The third kappa shape index (κ3) is 2.54. The predicted octanol–water partition coefficient (Wildman–Crippen LogP) is 1.98. The Kier molecular flexibility index (Phi) is 3.58. The minimum Gasteiger partial charge on any atom is -0.545 e. The van der Waals surface area contributed by atoms with E-state index in [-0.39, 0.29) is 12.0 Å². The lowest BCUT2D eigenvalue weighted by Crippen LogP contribution is -2.22. The number of fused-ring (bicyclic) bond motifs is 1. The zero-order valence-electron chi connectivity index (χ0n) is 11.7. The fraction of sp³-hybridized carbons (Fsp3) is 0.118. The molecule has 22 heavy (non-hydrogen) atoms. The van der Waals surface area contributed by atoms with Crippen LogP contribution in [0.25, 0.3) is 22.0 Å². The topological polar surface area (TPSA) is 81.7 Å². The SMILES string of the molecule is N#CCCn1cc(C(=O)[O-])c(-c2ccc3ccccc3c2)n1. The molecule has 1 aromatic heterocycles. The van der Waals surface area contributed by atoms with Crippen molar-refractivity contribution in [2.45, 2.75) is 13.0 Å². The summed E-state index contributed by atoms with van der Waals surface area (Å²) in [6.45, 7) is 0.352. The Morgan fingerprint density at radius 1 is 1.23 bits per heavy atom. The first-order valence-electron chi connectivity index (χ1n) is 6.84. The summed E-state index contributed by atoms with van der Waals surface area (Å²) in [6, 6.07) is 15.5. The number of aromatic carboxylic acids is 1. The Morgan fingerprint density at radius 3 is 2.73 bits per heavy atom. The van der Waals surface area contributed by atoms with E-state index in [1.165, 1.54) is 10.9 Å². The summed E-state index contributed by atoms with van der Waals surface area (Å²) in [5.74, 6) is -1.27. The Morgan fingerprint density at radius 2 is 2.00 bits per heavy atom. The monoisotopic (exact) mass is 290 g/mol. The van der Waals surface area contributed by atoms with Crippen molar-refractivity contribution in [1.82, 2.24) is 9.78 Å². The largest absolute Gasteiger partial charge is 0.545 e. The molecule has 0 amide bonds. The molecular weight excluding hydrogens is 278 g/mol. The van der Waals surface area contributed by atoms with Gasteiger partial charge in [0, 0.05) is 17.3 Å². The van der Waals surface area contributed by atoms with Gasteiger partial charge in [-0.05, 0) is 16.8 Å². The van der Waals surface area contributed by atoms with Crippen LogP contribution in [0.1, 0.15) is 16.8 Å². The van der Waals surface area contributed by atoms with Crippen molar-refractivity contribution in [3.63, 3.8) is 0 Å². The van der Waals surface area contributed by atoms with E-state index in [1.54, 1.807) is 0 Å². The fourth-order valence-electron chi connectivity index (χ4n) is 2.40. The molecule has 0 fully saturated rings. The Hall–Kier alpha value is -3.13. The molecule has 5 heteroatoms. The van der Waals surface area contributed by atoms with Gasteiger partial charge in [-0.2, -0.15) is 10.4 Å². The molecule has 0 bridgehead atoms. The van der Waals surface area contributed by atoms with Gasteiger partial charge in [0.15, 0.2) is 0 Å². The van der Waals surface area contributed by atoms with Crippen molar-refractivity contribution < 1.29 is 9.90 Å². The van der Waals surface area contributed by atoms with Gasteiger partial charge in [-0.1, -0.05) is 36.4 Å². The van der Waals surface area contributed by atoms with E-state index >= 15 is 0 Å². The maximum Gasteiger partial charge on any atom is 0.101 e. The highest BCUT2D eigenvalue weighted by molar-refractivity contribution is 5.95. The van der Waals surface area contributed by atoms with E-state index in [2.05, 4.69) is 5.10 Å². The van der Waals surface area contributed by atoms with Crippen molar-refractivity contribution in [3.8, 4) is 17.3 Å². The molecule has 0 aliphatic heterocycles. The highest BCUT2D eigenvalue weighted by Gasteiger charge is 2.12. The van der Waals surface area contributed by atoms with Crippen molar-refractivity contribution in [3.05, 3.63) is 54.2 Å². The molecule has 3 rings (SSSR count). The van der Waals surface area contributed by atoms with Crippen LogP contribution in [0.3, 0.4) is 0 Å². The van der Waals surface area contributed by atoms with E-state index in [9.17, 15) is 9.90 Å². The summed E-state index contributed by atoms with van der Waals surface area (Å²) in [4.78, 5) is 11.3. The number of aryl methyl sites for hydroxylation is 1. The van der Waals surface area contributed by atoms with E-state index in [4.69, 9.17) is 5.26 Å². The molecule has 0 aliphatic rings. The number of carboxylic acid groups (broad SMARTS) is 1. The van der Waals surface area contributed by atoms with Gasteiger partial charge in [0.25, 0.3) is 0 Å². The standard InChI is InChI=1S/C17H13N3O2/c18-8-3-9-20-11-15(17(21)22)16(19-20)14-7-6-12-4-1-2-5-13(12)10-14/h1-2,4-7,10-11H,3,9H2,(H,21,22)/p-1. The first kappa shape index (κ1) is 13.8. The van der Waals surface area contributed by atoms with Crippen LogP contribution in [-0.2, 0) is 6.54 Å². The number of nitriles is 1. The fourth-order valence-corrected chi connectivity index (χ4v) is 2.40. The third-order valence-corrected chi connectivity index (χ3v) is 3.46. The maximum absolute atomic E-state index is 11.3. The zero-order valence-corrected chi connectivity index (χ0v) is 11.7. The number of hydrogen-bond donors (Lipinski definition) is 0. The summed E-state index contributed by atoms with van der Waals surface area (Å²) in [5, 5.41) is 26.3. The summed E-state index contributed by atoms with van der Waals surface area (Å²) in [7, 11) is 0. The Labute approximate surface area is 127 Å². The number of nitrogens with zero attached hydrogens (tertiary/aromatic N) is 3. The van der Waals surface area contributed by atoms with Crippen LogP contribution in [0.15, 0.2) is 48.7 Å². The molecule has 0 saturated heterocycles. The molecule has 3 aromatic rings. The van der Waals surface area contributed by atoms with Gasteiger partial charge >= 0.3 is 0 Å². The van der Waals surface area contributed by atoms with E-state index < -0.39 is 5.97 Å². The second-order valence-corrected chi connectivity index (χ2v) is 4.91. The molecule has 0 spiro atoms. The van der Waals surface area contributed by atoms with E-state index in [0.717, 1.165) is 10.8 Å². The van der Waals surface area contributed by atoms with Gasteiger partial charge in [-0.3, -0.25) is 4.68 Å². The van der Waals surface area contributed by atoms with Gasteiger partial charge in [-0.15, -0.1) is 0 Å². The zero-order chi connectivity index (χ0) is 15.5. The molecule has 0 atom stereocenters. The van der Waals surface area contributed by atoms with Gasteiger partial charge in [-0.25, -0.2) is 0 Å². The lowest BCUT2D eigenvalue weighted by atomic mass is 10.0. The molecule has 0 saturated carbocycles. The van der Waals surface area contributed by atoms with Crippen LogP contribution in [0.5, 0.6) is 0 Å². The molecule has 1 heterocycles. The normalized spacial score (nSPS) is 10.5. The van der Waals surface area contributed by atoms with Crippen LogP contribution in [0, 0.1) is 11.3 Å². The minimum atomic E-state index is -1.27. The number of hydrogen-bond acceptors (Lipinski definition) is 4. The number of benzene rings is 2. The number of carboxylic acids is 1. The molecule has 0 unspecified atom stereocenters. The van der Waals surface area contributed by atoms with Crippen LogP contribution >= 0.6 is 0 Å². The number of rotatable bonds is 4. The van der Waals surface area contributed by atoms with Gasteiger partial charge in [0.1, 0.15) is 5.69 Å². The molecule has 108 valence electrons. The molecule has 0 N–H and O–H groups in total.